The van der Waals surface area contributed by atoms with Gasteiger partial charge in [-0.3, -0.25) is 4.68 Å². The minimum atomic E-state index is -2.98. The molecule has 0 spiro atoms. The summed E-state index contributed by atoms with van der Waals surface area (Å²) in [5.41, 5.74) is 0.684. The molecule has 0 aliphatic carbocycles. The minimum Gasteiger partial charge on any atom is -0.434 e. The second kappa shape index (κ2) is 5.96. The van der Waals surface area contributed by atoms with Gasteiger partial charge in [-0.25, -0.2) is 4.39 Å². The quantitative estimate of drug-likeness (QED) is 0.919. The molecule has 2 rings (SSSR count). The van der Waals surface area contributed by atoms with Gasteiger partial charge in [-0.15, -0.1) is 0 Å². The first-order chi connectivity index (χ1) is 9.45. The number of alkyl halides is 2. The summed E-state index contributed by atoms with van der Waals surface area (Å²) in [5.74, 6) is -0.653. The summed E-state index contributed by atoms with van der Waals surface area (Å²) in [4.78, 5) is 0. The van der Waals surface area contributed by atoms with Gasteiger partial charge in [0.15, 0.2) is 0 Å². The summed E-state index contributed by atoms with van der Waals surface area (Å²) < 4.78 is 43.5. The Balaban J connectivity index is 2.24. The molecule has 2 aromatic rings. The summed E-state index contributed by atoms with van der Waals surface area (Å²) >= 11 is 0. The summed E-state index contributed by atoms with van der Waals surface area (Å²) in [6, 6.07) is 4.90. The first-order valence-corrected chi connectivity index (χ1v) is 5.90. The number of halogens is 3. The van der Waals surface area contributed by atoms with Crippen LogP contribution in [0.15, 0.2) is 30.5 Å². The molecule has 1 N–H and O–H groups in total. The van der Waals surface area contributed by atoms with Gasteiger partial charge in [0.25, 0.3) is 0 Å². The highest BCUT2D eigenvalue weighted by Gasteiger charge is 2.12. The number of ether oxygens (including phenoxy) is 1. The molecular formula is C13H13F3N2O2. The van der Waals surface area contributed by atoms with Gasteiger partial charge in [0.2, 0.25) is 0 Å². The highest BCUT2D eigenvalue weighted by atomic mass is 19.3. The zero-order valence-corrected chi connectivity index (χ0v) is 10.6. The van der Waals surface area contributed by atoms with Crippen LogP contribution in [0, 0.1) is 5.82 Å². The summed E-state index contributed by atoms with van der Waals surface area (Å²) in [6.45, 7) is -1.36. The van der Waals surface area contributed by atoms with E-state index in [-0.39, 0.29) is 17.9 Å². The van der Waals surface area contributed by atoms with Crippen LogP contribution in [0.1, 0.15) is 24.3 Å². The van der Waals surface area contributed by atoms with E-state index in [1.54, 1.807) is 19.2 Å². The largest absolute Gasteiger partial charge is 0.434 e. The number of aromatic nitrogens is 2. The Morgan fingerprint density at radius 2 is 2.10 bits per heavy atom. The van der Waals surface area contributed by atoms with Crippen LogP contribution in [0.4, 0.5) is 13.2 Å². The van der Waals surface area contributed by atoms with E-state index >= 15 is 0 Å². The van der Waals surface area contributed by atoms with Crippen molar-refractivity contribution in [3.63, 3.8) is 0 Å². The first-order valence-electron chi connectivity index (χ1n) is 5.90. The average Bonchev–Trinajstić information content (AvgIpc) is 2.81. The van der Waals surface area contributed by atoms with Crippen LogP contribution in [0.3, 0.4) is 0 Å². The molecule has 7 heteroatoms. The monoisotopic (exact) mass is 286 g/mol. The van der Waals surface area contributed by atoms with E-state index in [0.29, 0.717) is 5.69 Å². The van der Waals surface area contributed by atoms with Crippen LogP contribution in [0.25, 0.3) is 0 Å². The van der Waals surface area contributed by atoms with Crippen LogP contribution in [0.5, 0.6) is 5.75 Å². The molecule has 20 heavy (non-hydrogen) atoms. The lowest BCUT2D eigenvalue weighted by molar-refractivity contribution is -0.0505. The van der Waals surface area contributed by atoms with Crippen molar-refractivity contribution in [2.75, 3.05) is 0 Å². The Morgan fingerprint density at radius 3 is 2.70 bits per heavy atom. The Hall–Kier alpha value is -2.02. The predicted molar refractivity (Wildman–Crippen MR) is 65.0 cm³/mol. The van der Waals surface area contributed by atoms with E-state index in [1.807, 2.05) is 0 Å². The molecule has 4 nitrogen and oxygen atoms in total. The highest BCUT2D eigenvalue weighted by molar-refractivity contribution is 5.34. The topological polar surface area (TPSA) is 47.3 Å². The number of aliphatic hydroxyl groups excluding tert-OH is 1. The average molecular weight is 286 g/mol. The molecule has 0 saturated carbocycles. The van der Waals surface area contributed by atoms with E-state index in [4.69, 9.17) is 0 Å². The Morgan fingerprint density at radius 1 is 1.35 bits per heavy atom. The van der Waals surface area contributed by atoms with Gasteiger partial charge in [0.1, 0.15) is 11.6 Å². The number of rotatable bonds is 5. The van der Waals surface area contributed by atoms with Crippen molar-refractivity contribution in [1.29, 1.82) is 0 Å². The summed E-state index contributed by atoms with van der Waals surface area (Å²) in [5, 5.41) is 13.4. The zero-order chi connectivity index (χ0) is 14.7. The molecular weight excluding hydrogens is 273 g/mol. The predicted octanol–water partition coefficient (Wildman–Crippen LogP) is 2.73. The first kappa shape index (κ1) is 14.4. The summed E-state index contributed by atoms with van der Waals surface area (Å²) in [7, 11) is 0. The molecule has 0 fully saturated rings. The van der Waals surface area contributed by atoms with Crippen molar-refractivity contribution in [1.82, 2.24) is 9.78 Å². The van der Waals surface area contributed by atoms with Crippen LogP contribution in [0.2, 0.25) is 0 Å². The number of hydrogen-bond donors (Lipinski definition) is 1. The second-order valence-corrected chi connectivity index (χ2v) is 4.24. The molecule has 1 heterocycles. The maximum atomic E-state index is 13.2. The third-order valence-corrected chi connectivity index (χ3v) is 2.66. The normalized spacial score (nSPS) is 12.7. The van der Waals surface area contributed by atoms with Crippen LogP contribution in [-0.4, -0.2) is 21.5 Å². The van der Waals surface area contributed by atoms with Crippen LogP contribution < -0.4 is 4.74 Å². The van der Waals surface area contributed by atoms with Gasteiger partial charge < -0.3 is 9.84 Å². The van der Waals surface area contributed by atoms with Gasteiger partial charge in [0.05, 0.1) is 18.3 Å². The lowest BCUT2D eigenvalue weighted by atomic mass is 10.2. The Labute approximate surface area is 113 Å². The molecule has 108 valence electrons. The van der Waals surface area contributed by atoms with Crippen molar-refractivity contribution in [2.24, 2.45) is 0 Å². The SMILES string of the molecule is CC(O)c1ccn(Cc2cc(F)ccc2OC(F)F)n1. The molecule has 0 bridgehead atoms. The summed E-state index contributed by atoms with van der Waals surface area (Å²) in [6.07, 6.45) is 0.833. The third-order valence-electron chi connectivity index (χ3n) is 2.66. The number of hydrogen-bond acceptors (Lipinski definition) is 3. The fraction of sp³-hybridized carbons (Fsp3) is 0.308. The van der Waals surface area contributed by atoms with E-state index in [9.17, 15) is 18.3 Å². The van der Waals surface area contributed by atoms with Gasteiger partial charge >= 0.3 is 6.61 Å². The minimum absolute atomic E-state index is 0.0620. The highest BCUT2D eigenvalue weighted by Crippen LogP contribution is 2.23. The number of nitrogens with zero attached hydrogens (tertiary/aromatic N) is 2. The van der Waals surface area contributed by atoms with E-state index < -0.39 is 18.5 Å². The Kier molecular flexibility index (Phi) is 4.29. The van der Waals surface area contributed by atoms with Crippen LogP contribution >= 0.6 is 0 Å². The van der Waals surface area contributed by atoms with Crippen molar-refractivity contribution >= 4 is 0 Å². The molecule has 0 amide bonds. The molecule has 0 aliphatic rings. The third kappa shape index (κ3) is 3.51. The fourth-order valence-corrected chi connectivity index (χ4v) is 1.75. The molecule has 1 aromatic carbocycles. The zero-order valence-electron chi connectivity index (χ0n) is 10.6. The van der Waals surface area contributed by atoms with Crippen molar-refractivity contribution in [3.05, 3.63) is 47.5 Å². The molecule has 1 atom stereocenters. The molecule has 1 unspecified atom stereocenters. The molecule has 1 aromatic heterocycles. The van der Waals surface area contributed by atoms with E-state index in [0.717, 1.165) is 18.2 Å². The fourth-order valence-electron chi connectivity index (χ4n) is 1.75. The van der Waals surface area contributed by atoms with Gasteiger partial charge in [-0.2, -0.15) is 13.9 Å². The van der Waals surface area contributed by atoms with Gasteiger partial charge in [-0.1, -0.05) is 0 Å². The maximum absolute atomic E-state index is 13.2. The lowest BCUT2D eigenvalue weighted by Crippen LogP contribution is -2.08. The maximum Gasteiger partial charge on any atom is 0.387 e. The standard InChI is InChI=1S/C13H13F3N2O2/c1-8(19)11-4-5-18(17-11)7-9-6-10(14)2-3-12(9)20-13(15)16/h2-6,8,13,19H,7H2,1H3. The van der Waals surface area contributed by atoms with Gasteiger partial charge in [0, 0.05) is 11.8 Å². The van der Waals surface area contributed by atoms with Crippen molar-refractivity contribution < 1.29 is 23.0 Å². The van der Waals surface area contributed by atoms with Crippen LogP contribution in [-0.2, 0) is 6.54 Å². The number of aliphatic hydroxyl groups is 1. The molecule has 0 aliphatic heterocycles. The molecule has 0 saturated heterocycles. The second-order valence-electron chi connectivity index (χ2n) is 4.24. The molecule has 0 radical (unpaired) electrons. The van der Waals surface area contributed by atoms with E-state index in [1.165, 1.54) is 4.68 Å². The Bertz CT molecular complexity index is 585. The smallest absolute Gasteiger partial charge is 0.387 e. The lowest BCUT2D eigenvalue weighted by Gasteiger charge is -2.11. The van der Waals surface area contributed by atoms with Crippen molar-refractivity contribution in [2.45, 2.75) is 26.2 Å². The van der Waals surface area contributed by atoms with E-state index in [2.05, 4.69) is 9.84 Å². The van der Waals surface area contributed by atoms with Crippen molar-refractivity contribution in [3.8, 4) is 5.75 Å². The van der Waals surface area contributed by atoms with Gasteiger partial charge in [-0.05, 0) is 31.2 Å². The number of benzene rings is 1.